The van der Waals surface area contributed by atoms with Crippen molar-refractivity contribution < 1.29 is 13.2 Å². The van der Waals surface area contributed by atoms with E-state index in [9.17, 15) is 13.2 Å². The molecule has 7 heteroatoms. The maximum atomic E-state index is 13.1. The number of carbonyl (C=O) groups is 1. The van der Waals surface area contributed by atoms with Crippen LogP contribution in [0.25, 0.3) is 0 Å². The molecule has 0 spiro atoms. The van der Waals surface area contributed by atoms with Gasteiger partial charge >= 0.3 is 0 Å². The quantitative estimate of drug-likeness (QED) is 0.699. The van der Waals surface area contributed by atoms with Crippen molar-refractivity contribution in [2.24, 2.45) is 0 Å². The number of nitrogens with one attached hydrogen (secondary N) is 1. The number of amides is 1. The molecule has 0 aromatic heterocycles. The molecule has 0 radical (unpaired) electrons. The first-order valence-electron chi connectivity index (χ1n) is 10.4. The van der Waals surface area contributed by atoms with Crippen molar-refractivity contribution in [3.63, 3.8) is 0 Å². The van der Waals surface area contributed by atoms with Gasteiger partial charge in [0.05, 0.1) is 15.5 Å². The lowest BCUT2D eigenvalue weighted by atomic mass is 9.94. The van der Waals surface area contributed by atoms with Crippen LogP contribution < -0.4 is 5.32 Å². The molecule has 0 aliphatic carbocycles. The number of benzene rings is 2. The van der Waals surface area contributed by atoms with Gasteiger partial charge in [0, 0.05) is 18.6 Å². The monoisotopic (exact) mass is 448 g/mol. The maximum Gasteiger partial charge on any atom is 0.253 e. The molecule has 0 saturated carbocycles. The average molecular weight is 449 g/mol. The minimum atomic E-state index is -3.66. The normalized spacial score (nSPS) is 16.1. The van der Waals surface area contributed by atoms with Gasteiger partial charge in [-0.3, -0.25) is 4.79 Å². The standard InChI is InChI=1S/C23H29ClN2O3S/c1-23(2,17-18-10-6-5-7-11-18)25-22(27)20-16-19(12-13-21(20)24)30(28,29)26-14-8-3-4-9-15-26/h5-7,10-13,16H,3-4,8-9,14-15,17H2,1-2H3,(H,25,27). The van der Waals surface area contributed by atoms with Crippen LogP contribution in [0.3, 0.4) is 0 Å². The van der Waals surface area contributed by atoms with Crippen LogP contribution in [0.2, 0.25) is 5.02 Å². The molecule has 30 heavy (non-hydrogen) atoms. The van der Waals surface area contributed by atoms with E-state index in [1.807, 2.05) is 44.2 Å². The van der Waals surface area contributed by atoms with E-state index in [1.54, 1.807) is 0 Å². The summed E-state index contributed by atoms with van der Waals surface area (Å²) in [6, 6.07) is 14.3. The van der Waals surface area contributed by atoms with Crippen LogP contribution in [-0.2, 0) is 16.4 Å². The summed E-state index contributed by atoms with van der Waals surface area (Å²) >= 11 is 6.27. The van der Waals surface area contributed by atoms with Crippen LogP contribution in [0.5, 0.6) is 0 Å². The highest BCUT2D eigenvalue weighted by Gasteiger charge is 2.28. The summed E-state index contributed by atoms with van der Waals surface area (Å²) in [4.78, 5) is 13.1. The lowest BCUT2D eigenvalue weighted by molar-refractivity contribution is 0.0913. The van der Waals surface area contributed by atoms with Gasteiger partial charge in [-0.15, -0.1) is 0 Å². The zero-order valence-electron chi connectivity index (χ0n) is 17.5. The molecule has 1 fully saturated rings. The molecule has 2 aromatic rings. The fourth-order valence-corrected chi connectivity index (χ4v) is 5.54. The molecule has 0 atom stereocenters. The topological polar surface area (TPSA) is 66.5 Å². The number of halogens is 1. The largest absolute Gasteiger partial charge is 0.347 e. The van der Waals surface area contributed by atoms with Gasteiger partial charge in [-0.2, -0.15) is 4.31 Å². The van der Waals surface area contributed by atoms with Crippen LogP contribution in [0.15, 0.2) is 53.4 Å². The molecule has 1 aliphatic heterocycles. The van der Waals surface area contributed by atoms with Crippen LogP contribution in [0.1, 0.15) is 55.5 Å². The SMILES string of the molecule is CC(C)(Cc1ccccc1)NC(=O)c1cc(S(=O)(=O)N2CCCCCC2)ccc1Cl. The van der Waals surface area contributed by atoms with Gasteiger partial charge in [0.1, 0.15) is 0 Å². The number of rotatable bonds is 6. The highest BCUT2D eigenvalue weighted by atomic mass is 35.5. The fraction of sp³-hybridized carbons (Fsp3) is 0.435. The summed E-state index contributed by atoms with van der Waals surface area (Å²) in [5.41, 5.74) is 0.752. The Kier molecular flexibility index (Phi) is 7.22. The third kappa shape index (κ3) is 5.62. The Balaban J connectivity index is 1.81. The van der Waals surface area contributed by atoms with Gasteiger partial charge in [0.2, 0.25) is 10.0 Å². The molecule has 1 saturated heterocycles. The van der Waals surface area contributed by atoms with Crippen molar-refractivity contribution in [1.82, 2.24) is 9.62 Å². The van der Waals surface area contributed by atoms with Crippen LogP contribution in [0.4, 0.5) is 0 Å². The number of hydrogen-bond acceptors (Lipinski definition) is 3. The molecule has 3 rings (SSSR count). The van der Waals surface area contributed by atoms with Crippen molar-refractivity contribution in [2.75, 3.05) is 13.1 Å². The second-order valence-electron chi connectivity index (χ2n) is 8.46. The molecular weight excluding hydrogens is 420 g/mol. The van der Waals surface area contributed by atoms with E-state index < -0.39 is 15.6 Å². The molecule has 0 bridgehead atoms. The molecular formula is C23H29ClN2O3S. The first-order chi connectivity index (χ1) is 14.2. The van der Waals surface area contributed by atoms with Crippen LogP contribution >= 0.6 is 11.6 Å². The first-order valence-corrected chi connectivity index (χ1v) is 12.2. The second-order valence-corrected chi connectivity index (χ2v) is 10.8. The van der Waals surface area contributed by atoms with Crippen LogP contribution in [0, 0.1) is 0 Å². The van der Waals surface area contributed by atoms with Gasteiger partial charge in [0.15, 0.2) is 0 Å². The summed E-state index contributed by atoms with van der Waals surface area (Å²) in [5, 5.41) is 3.23. The van der Waals surface area contributed by atoms with Gasteiger partial charge in [-0.25, -0.2) is 8.42 Å². The minimum Gasteiger partial charge on any atom is -0.347 e. The Morgan fingerprint density at radius 1 is 1.03 bits per heavy atom. The summed E-state index contributed by atoms with van der Waals surface area (Å²) in [5.74, 6) is -0.381. The maximum absolute atomic E-state index is 13.1. The predicted molar refractivity (Wildman–Crippen MR) is 120 cm³/mol. The number of carbonyl (C=O) groups excluding carboxylic acids is 1. The summed E-state index contributed by atoms with van der Waals surface area (Å²) in [7, 11) is -3.66. The van der Waals surface area contributed by atoms with Crippen molar-refractivity contribution in [2.45, 2.75) is 56.4 Å². The zero-order valence-corrected chi connectivity index (χ0v) is 19.1. The third-order valence-electron chi connectivity index (χ3n) is 5.33. The Hall–Kier alpha value is -1.89. The van der Waals surface area contributed by atoms with Crippen molar-refractivity contribution >= 4 is 27.5 Å². The molecule has 0 unspecified atom stereocenters. The van der Waals surface area contributed by atoms with E-state index in [0.717, 1.165) is 31.2 Å². The molecule has 162 valence electrons. The first kappa shape index (κ1) is 22.8. The molecule has 2 aromatic carbocycles. The van der Waals surface area contributed by atoms with Crippen molar-refractivity contribution in [3.05, 3.63) is 64.7 Å². The van der Waals surface area contributed by atoms with E-state index in [-0.39, 0.29) is 21.4 Å². The van der Waals surface area contributed by atoms with Crippen molar-refractivity contribution in [1.29, 1.82) is 0 Å². The summed E-state index contributed by atoms with van der Waals surface area (Å²) < 4.78 is 27.7. The third-order valence-corrected chi connectivity index (χ3v) is 7.55. The number of nitrogens with zero attached hydrogens (tertiary/aromatic N) is 1. The molecule has 1 amide bonds. The van der Waals surface area contributed by atoms with Gasteiger partial charge in [-0.05, 0) is 56.9 Å². The van der Waals surface area contributed by atoms with E-state index >= 15 is 0 Å². The highest BCUT2D eigenvalue weighted by molar-refractivity contribution is 7.89. The summed E-state index contributed by atoms with van der Waals surface area (Å²) in [6.07, 6.45) is 4.43. The smallest absolute Gasteiger partial charge is 0.253 e. The second kappa shape index (κ2) is 9.50. The molecule has 1 aliphatic rings. The van der Waals surface area contributed by atoms with Crippen LogP contribution in [-0.4, -0.2) is 37.3 Å². The minimum absolute atomic E-state index is 0.111. The highest BCUT2D eigenvalue weighted by Crippen LogP contribution is 2.25. The Morgan fingerprint density at radius 3 is 2.30 bits per heavy atom. The predicted octanol–water partition coefficient (Wildman–Crippen LogP) is 4.66. The fourth-order valence-electron chi connectivity index (χ4n) is 3.79. The summed E-state index contributed by atoms with van der Waals surface area (Å²) in [6.45, 7) is 4.89. The Labute approximate surface area is 184 Å². The van der Waals surface area contributed by atoms with Crippen molar-refractivity contribution in [3.8, 4) is 0 Å². The molecule has 5 nitrogen and oxygen atoms in total. The number of hydrogen-bond donors (Lipinski definition) is 1. The van der Waals surface area contributed by atoms with Gasteiger partial charge in [0.25, 0.3) is 5.91 Å². The zero-order chi connectivity index (χ0) is 21.8. The Morgan fingerprint density at radius 2 is 1.67 bits per heavy atom. The number of sulfonamides is 1. The van der Waals surface area contributed by atoms with E-state index in [4.69, 9.17) is 11.6 Å². The lowest BCUT2D eigenvalue weighted by Gasteiger charge is -2.27. The molecule has 1 heterocycles. The lowest BCUT2D eigenvalue weighted by Crippen LogP contribution is -2.45. The van der Waals surface area contributed by atoms with E-state index in [0.29, 0.717) is 19.5 Å². The molecule has 1 N–H and O–H groups in total. The van der Waals surface area contributed by atoms with Gasteiger partial charge < -0.3 is 5.32 Å². The Bertz CT molecular complexity index is 983. The van der Waals surface area contributed by atoms with E-state index in [1.165, 1.54) is 22.5 Å². The average Bonchev–Trinajstić information content (AvgIpc) is 2.98. The van der Waals surface area contributed by atoms with E-state index in [2.05, 4.69) is 5.32 Å². The van der Waals surface area contributed by atoms with Gasteiger partial charge in [-0.1, -0.05) is 54.8 Å².